The molecule has 2 rings (SSSR count). The van der Waals surface area contributed by atoms with Gasteiger partial charge in [0.2, 0.25) is 10.0 Å². The molecule has 15 heavy (non-hydrogen) atoms. The van der Waals surface area contributed by atoms with E-state index >= 15 is 0 Å². The number of H-pyrrole nitrogens is 1. The first kappa shape index (κ1) is 10.6. The molecule has 0 unspecified atom stereocenters. The second kappa shape index (κ2) is 4.32. The molecule has 0 saturated heterocycles. The van der Waals surface area contributed by atoms with Crippen LogP contribution in [0.2, 0.25) is 0 Å². The maximum absolute atomic E-state index is 11.5. The molecule has 0 radical (unpaired) electrons. The first-order valence-corrected chi connectivity index (χ1v) is 6.76. The van der Waals surface area contributed by atoms with Gasteiger partial charge in [-0.25, -0.2) is 18.1 Å². The van der Waals surface area contributed by atoms with Crippen molar-refractivity contribution in [3.63, 3.8) is 0 Å². The Bertz CT molecular complexity index is 395. The van der Waals surface area contributed by atoms with Crippen LogP contribution >= 0.6 is 0 Å². The molecule has 1 aliphatic rings. The third kappa shape index (κ3) is 3.64. The number of sulfonamides is 1. The van der Waals surface area contributed by atoms with Gasteiger partial charge in [-0.1, -0.05) is 0 Å². The van der Waals surface area contributed by atoms with Crippen LogP contribution in [-0.2, 0) is 16.4 Å². The van der Waals surface area contributed by atoms with Crippen molar-refractivity contribution < 1.29 is 8.42 Å². The van der Waals surface area contributed by atoms with Crippen LogP contribution in [0.15, 0.2) is 12.4 Å². The van der Waals surface area contributed by atoms with E-state index in [1.807, 2.05) is 0 Å². The fourth-order valence-electron chi connectivity index (χ4n) is 1.41. The lowest BCUT2D eigenvalue weighted by Crippen LogP contribution is -2.29. The van der Waals surface area contributed by atoms with Crippen LogP contribution in [0.4, 0.5) is 0 Å². The molecule has 0 bridgehead atoms. The Hall–Kier alpha value is -0.880. The van der Waals surface area contributed by atoms with Gasteiger partial charge in [0.1, 0.15) is 5.82 Å². The lowest BCUT2D eigenvalue weighted by atomic mass is 10.4. The third-order valence-corrected chi connectivity index (χ3v) is 3.94. The highest BCUT2D eigenvalue weighted by molar-refractivity contribution is 7.89. The minimum atomic E-state index is -3.06. The normalized spacial score (nSPS) is 16.8. The standard InChI is InChI=1S/C9H15N3O2S/c13-15(14,7-8-1-2-8)12-4-3-9-10-5-6-11-9/h5-6,8,12H,1-4,7H2,(H,10,11). The summed E-state index contributed by atoms with van der Waals surface area (Å²) in [5.74, 6) is 1.49. The Kier molecular flexibility index (Phi) is 3.06. The molecular formula is C9H15N3O2S. The average molecular weight is 229 g/mol. The van der Waals surface area contributed by atoms with Crippen LogP contribution in [-0.4, -0.2) is 30.7 Å². The van der Waals surface area contributed by atoms with Gasteiger partial charge in [0.05, 0.1) is 5.75 Å². The number of aromatic amines is 1. The Morgan fingerprint density at radius 1 is 1.53 bits per heavy atom. The molecule has 0 aliphatic heterocycles. The van der Waals surface area contributed by atoms with Crippen LogP contribution in [0, 0.1) is 5.92 Å². The Labute approximate surface area is 89.4 Å². The second-order valence-corrected chi connectivity index (χ2v) is 5.76. The number of rotatable bonds is 6. The number of hydrogen-bond acceptors (Lipinski definition) is 3. The molecule has 1 heterocycles. The first-order valence-electron chi connectivity index (χ1n) is 5.11. The zero-order valence-corrected chi connectivity index (χ0v) is 9.26. The Morgan fingerprint density at radius 2 is 2.33 bits per heavy atom. The minimum Gasteiger partial charge on any atom is -0.349 e. The van der Waals surface area contributed by atoms with Crippen LogP contribution in [0.5, 0.6) is 0 Å². The summed E-state index contributed by atoms with van der Waals surface area (Å²) in [6.07, 6.45) is 6.11. The summed E-state index contributed by atoms with van der Waals surface area (Å²) >= 11 is 0. The fourth-order valence-corrected chi connectivity index (χ4v) is 2.90. The van der Waals surface area contributed by atoms with E-state index in [4.69, 9.17) is 0 Å². The van der Waals surface area contributed by atoms with Gasteiger partial charge in [-0.2, -0.15) is 0 Å². The van der Waals surface area contributed by atoms with Crippen molar-refractivity contribution in [1.82, 2.24) is 14.7 Å². The number of hydrogen-bond donors (Lipinski definition) is 2. The summed E-state index contributed by atoms with van der Waals surface area (Å²) in [7, 11) is -3.06. The van der Waals surface area contributed by atoms with Crippen molar-refractivity contribution in [2.75, 3.05) is 12.3 Å². The molecule has 1 aromatic heterocycles. The second-order valence-electron chi connectivity index (χ2n) is 3.90. The number of nitrogens with one attached hydrogen (secondary N) is 2. The molecule has 0 spiro atoms. The van der Waals surface area contributed by atoms with Crippen molar-refractivity contribution in [2.24, 2.45) is 5.92 Å². The van der Waals surface area contributed by atoms with E-state index in [9.17, 15) is 8.42 Å². The maximum atomic E-state index is 11.5. The summed E-state index contributed by atoms with van der Waals surface area (Å²) < 4.78 is 25.5. The predicted molar refractivity (Wildman–Crippen MR) is 56.8 cm³/mol. The molecule has 1 aliphatic carbocycles. The van der Waals surface area contributed by atoms with E-state index < -0.39 is 10.0 Å². The fraction of sp³-hybridized carbons (Fsp3) is 0.667. The van der Waals surface area contributed by atoms with Crippen LogP contribution in [0.25, 0.3) is 0 Å². The van der Waals surface area contributed by atoms with E-state index in [2.05, 4.69) is 14.7 Å². The van der Waals surface area contributed by atoms with Crippen LogP contribution < -0.4 is 4.72 Å². The van der Waals surface area contributed by atoms with Crippen molar-refractivity contribution in [3.05, 3.63) is 18.2 Å². The highest BCUT2D eigenvalue weighted by Crippen LogP contribution is 2.29. The van der Waals surface area contributed by atoms with E-state index in [0.29, 0.717) is 18.9 Å². The highest BCUT2D eigenvalue weighted by atomic mass is 32.2. The molecule has 0 aromatic carbocycles. The van der Waals surface area contributed by atoms with E-state index in [-0.39, 0.29) is 5.75 Å². The molecule has 1 fully saturated rings. The van der Waals surface area contributed by atoms with Crippen LogP contribution in [0.3, 0.4) is 0 Å². The molecule has 2 N–H and O–H groups in total. The predicted octanol–water partition coefficient (Wildman–Crippen LogP) is 0.282. The summed E-state index contributed by atoms with van der Waals surface area (Å²) in [5.41, 5.74) is 0. The molecule has 1 aromatic rings. The van der Waals surface area contributed by atoms with Gasteiger partial charge >= 0.3 is 0 Å². The van der Waals surface area contributed by atoms with Crippen molar-refractivity contribution >= 4 is 10.0 Å². The smallest absolute Gasteiger partial charge is 0.211 e. The molecule has 0 atom stereocenters. The van der Waals surface area contributed by atoms with Crippen LogP contribution in [0.1, 0.15) is 18.7 Å². The minimum absolute atomic E-state index is 0.283. The zero-order chi connectivity index (χ0) is 10.7. The van der Waals surface area contributed by atoms with E-state index in [0.717, 1.165) is 18.7 Å². The van der Waals surface area contributed by atoms with Crippen molar-refractivity contribution in [2.45, 2.75) is 19.3 Å². The summed E-state index contributed by atoms with van der Waals surface area (Å²) in [4.78, 5) is 6.95. The Balaban J connectivity index is 1.72. The molecule has 84 valence electrons. The number of nitrogens with zero attached hydrogens (tertiary/aromatic N) is 1. The largest absolute Gasteiger partial charge is 0.349 e. The van der Waals surface area contributed by atoms with Gasteiger partial charge in [0.25, 0.3) is 0 Å². The molecular weight excluding hydrogens is 214 g/mol. The topological polar surface area (TPSA) is 74.8 Å². The SMILES string of the molecule is O=S(=O)(CC1CC1)NCCc1ncc[nH]1. The first-order chi connectivity index (χ1) is 7.16. The van der Waals surface area contributed by atoms with Gasteiger partial charge in [0, 0.05) is 25.4 Å². The quantitative estimate of drug-likeness (QED) is 0.736. The van der Waals surface area contributed by atoms with Gasteiger partial charge < -0.3 is 4.98 Å². The molecule has 1 saturated carbocycles. The van der Waals surface area contributed by atoms with Crippen molar-refractivity contribution in [3.8, 4) is 0 Å². The lowest BCUT2D eigenvalue weighted by molar-refractivity contribution is 0.577. The van der Waals surface area contributed by atoms with Gasteiger partial charge in [-0.05, 0) is 18.8 Å². The summed E-state index contributed by atoms with van der Waals surface area (Å²) in [6.45, 7) is 0.419. The van der Waals surface area contributed by atoms with E-state index in [1.165, 1.54) is 0 Å². The van der Waals surface area contributed by atoms with E-state index in [1.54, 1.807) is 12.4 Å². The molecule has 6 heteroatoms. The molecule has 0 amide bonds. The monoisotopic (exact) mass is 229 g/mol. The van der Waals surface area contributed by atoms with Gasteiger partial charge in [0.15, 0.2) is 0 Å². The Morgan fingerprint density at radius 3 is 2.93 bits per heavy atom. The average Bonchev–Trinajstić information content (AvgIpc) is 2.81. The maximum Gasteiger partial charge on any atom is 0.211 e. The third-order valence-electron chi connectivity index (χ3n) is 2.39. The van der Waals surface area contributed by atoms with Gasteiger partial charge in [-0.3, -0.25) is 0 Å². The van der Waals surface area contributed by atoms with Gasteiger partial charge in [-0.15, -0.1) is 0 Å². The van der Waals surface area contributed by atoms with Crippen molar-refractivity contribution in [1.29, 1.82) is 0 Å². The number of imidazole rings is 1. The zero-order valence-electron chi connectivity index (χ0n) is 8.44. The summed E-state index contributed by atoms with van der Waals surface area (Å²) in [5, 5.41) is 0. The lowest BCUT2D eigenvalue weighted by Gasteiger charge is -2.04. The number of aromatic nitrogens is 2. The molecule has 5 nitrogen and oxygen atoms in total. The summed E-state index contributed by atoms with van der Waals surface area (Å²) in [6, 6.07) is 0. The highest BCUT2D eigenvalue weighted by Gasteiger charge is 2.27.